The van der Waals surface area contributed by atoms with Crippen LogP contribution in [0.1, 0.15) is 21.5 Å². The van der Waals surface area contributed by atoms with E-state index < -0.39 is 26.7 Å². The molecule has 0 aliphatic rings. The van der Waals surface area contributed by atoms with Crippen molar-refractivity contribution < 1.29 is 22.5 Å². The third kappa shape index (κ3) is 5.04. The average Bonchev–Trinajstić information content (AvgIpc) is 2.71. The van der Waals surface area contributed by atoms with Gasteiger partial charge in [-0.3, -0.25) is 19.6 Å². The van der Waals surface area contributed by atoms with Crippen LogP contribution >= 0.6 is 0 Å². The van der Waals surface area contributed by atoms with Crippen molar-refractivity contribution >= 4 is 33.0 Å². The van der Waals surface area contributed by atoms with Crippen molar-refractivity contribution in [3.63, 3.8) is 0 Å². The van der Waals surface area contributed by atoms with Gasteiger partial charge in [0.05, 0.1) is 15.5 Å². The Labute approximate surface area is 177 Å². The minimum absolute atomic E-state index is 0.0377. The molecule has 0 saturated heterocycles. The number of hydrogen-bond acceptors (Lipinski definition) is 5. The Morgan fingerprint density at radius 1 is 1.00 bits per heavy atom. The number of aryl methyl sites for hydroxylation is 2. The first-order chi connectivity index (χ1) is 14.6. The molecular weight excluding hydrogens is 425 g/mol. The fourth-order valence-corrected chi connectivity index (χ4v) is 3.86. The fraction of sp³-hybridized carbons (Fsp3) is 0.0952. The zero-order chi connectivity index (χ0) is 22.8. The Bertz CT molecular complexity index is 1270. The van der Waals surface area contributed by atoms with Crippen LogP contribution in [-0.4, -0.2) is 19.2 Å². The lowest BCUT2D eigenvalue weighted by Gasteiger charge is -2.10. The van der Waals surface area contributed by atoms with E-state index in [4.69, 9.17) is 0 Å². The summed E-state index contributed by atoms with van der Waals surface area (Å²) in [6, 6.07) is 13.4. The molecule has 0 aliphatic heterocycles. The van der Waals surface area contributed by atoms with Gasteiger partial charge in [0, 0.05) is 22.9 Å². The summed E-state index contributed by atoms with van der Waals surface area (Å²) >= 11 is 0. The van der Waals surface area contributed by atoms with E-state index in [0.29, 0.717) is 5.56 Å². The highest BCUT2D eigenvalue weighted by molar-refractivity contribution is 7.92. The molecule has 3 aromatic rings. The van der Waals surface area contributed by atoms with E-state index in [1.165, 1.54) is 55.5 Å². The molecule has 0 radical (unpaired) electrons. The number of rotatable bonds is 6. The van der Waals surface area contributed by atoms with Crippen LogP contribution in [0.4, 0.5) is 21.5 Å². The van der Waals surface area contributed by atoms with Crippen LogP contribution < -0.4 is 10.0 Å². The summed E-state index contributed by atoms with van der Waals surface area (Å²) in [5, 5.41) is 13.5. The van der Waals surface area contributed by atoms with Gasteiger partial charge in [-0.1, -0.05) is 12.1 Å². The molecule has 0 spiro atoms. The zero-order valence-electron chi connectivity index (χ0n) is 16.5. The maximum absolute atomic E-state index is 13.8. The van der Waals surface area contributed by atoms with E-state index in [-0.39, 0.29) is 27.5 Å². The lowest BCUT2D eigenvalue weighted by molar-refractivity contribution is -0.385. The summed E-state index contributed by atoms with van der Waals surface area (Å²) in [6.45, 7) is 3.27. The number of nitrogens with zero attached hydrogens (tertiary/aromatic N) is 1. The van der Waals surface area contributed by atoms with Crippen LogP contribution in [0.2, 0.25) is 0 Å². The van der Waals surface area contributed by atoms with Gasteiger partial charge in [-0.05, 0) is 61.9 Å². The number of nitro groups is 1. The third-order valence-corrected chi connectivity index (χ3v) is 5.84. The Morgan fingerprint density at radius 2 is 1.68 bits per heavy atom. The molecule has 0 aromatic heterocycles. The second-order valence-electron chi connectivity index (χ2n) is 6.83. The van der Waals surface area contributed by atoms with Crippen LogP contribution in [0.15, 0.2) is 65.6 Å². The van der Waals surface area contributed by atoms with Gasteiger partial charge >= 0.3 is 0 Å². The van der Waals surface area contributed by atoms with Crippen molar-refractivity contribution in [3.05, 3.63) is 93.3 Å². The number of benzene rings is 3. The van der Waals surface area contributed by atoms with Crippen molar-refractivity contribution in [1.29, 1.82) is 0 Å². The molecule has 0 bridgehead atoms. The molecule has 0 aliphatic carbocycles. The summed E-state index contributed by atoms with van der Waals surface area (Å²) in [7, 11) is -4.08. The van der Waals surface area contributed by atoms with E-state index >= 15 is 0 Å². The molecule has 31 heavy (non-hydrogen) atoms. The standard InChI is InChI=1S/C21H18FN3O5S/c1-13-3-10-18(22)19(11-13)23-21(26)15-5-7-16(8-6-15)24-31(29,30)17-9-4-14(2)20(12-17)25(27)28/h3-12,24H,1-2H3,(H,23,26). The van der Waals surface area contributed by atoms with Crippen molar-refractivity contribution in [1.82, 2.24) is 0 Å². The SMILES string of the molecule is Cc1ccc(F)c(NC(=O)c2ccc(NS(=O)(=O)c3ccc(C)c([N+](=O)[O-])c3)cc2)c1. The fourth-order valence-electron chi connectivity index (χ4n) is 2.79. The first-order valence-electron chi connectivity index (χ1n) is 9.02. The van der Waals surface area contributed by atoms with Crippen LogP contribution in [-0.2, 0) is 10.0 Å². The van der Waals surface area contributed by atoms with Gasteiger partial charge in [0.25, 0.3) is 21.6 Å². The first kappa shape index (κ1) is 21.9. The molecule has 8 nitrogen and oxygen atoms in total. The Morgan fingerprint density at radius 3 is 2.32 bits per heavy atom. The maximum atomic E-state index is 13.8. The van der Waals surface area contributed by atoms with Gasteiger partial charge in [0.15, 0.2) is 0 Å². The number of nitrogens with one attached hydrogen (secondary N) is 2. The van der Waals surface area contributed by atoms with Gasteiger partial charge in [-0.25, -0.2) is 12.8 Å². The van der Waals surface area contributed by atoms with Crippen LogP contribution in [0.25, 0.3) is 0 Å². The largest absolute Gasteiger partial charge is 0.319 e. The Balaban J connectivity index is 1.77. The van der Waals surface area contributed by atoms with Gasteiger partial charge in [0.1, 0.15) is 5.82 Å². The van der Waals surface area contributed by atoms with Gasteiger partial charge in [-0.15, -0.1) is 0 Å². The third-order valence-electron chi connectivity index (χ3n) is 4.46. The van der Waals surface area contributed by atoms with Crippen molar-refractivity contribution in [2.24, 2.45) is 0 Å². The van der Waals surface area contributed by atoms with Crippen LogP contribution in [0, 0.1) is 29.8 Å². The van der Waals surface area contributed by atoms with Crippen LogP contribution in [0.5, 0.6) is 0 Å². The molecular formula is C21H18FN3O5S. The first-order valence-corrected chi connectivity index (χ1v) is 10.5. The van der Waals surface area contributed by atoms with E-state index in [0.717, 1.165) is 11.6 Å². The highest BCUT2D eigenvalue weighted by Crippen LogP contribution is 2.24. The van der Waals surface area contributed by atoms with Crippen molar-refractivity contribution in [3.8, 4) is 0 Å². The van der Waals surface area contributed by atoms with E-state index in [2.05, 4.69) is 10.0 Å². The average molecular weight is 443 g/mol. The molecule has 0 atom stereocenters. The zero-order valence-corrected chi connectivity index (χ0v) is 17.4. The number of carbonyl (C=O) groups excluding carboxylic acids is 1. The van der Waals surface area contributed by atoms with E-state index in [1.807, 2.05) is 0 Å². The Hall–Kier alpha value is -3.79. The summed E-state index contributed by atoms with van der Waals surface area (Å²) < 4.78 is 41.3. The predicted molar refractivity (Wildman–Crippen MR) is 114 cm³/mol. The number of amides is 1. The quantitative estimate of drug-likeness (QED) is 0.432. The second-order valence-corrected chi connectivity index (χ2v) is 8.51. The van der Waals surface area contributed by atoms with Crippen molar-refractivity contribution in [2.75, 3.05) is 10.0 Å². The number of carbonyl (C=O) groups is 1. The number of nitro benzene ring substituents is 1. The van der Waals surface area contributed by atoms with Gasteiger partial charge < -0.3 is 5.32 Å². The number of anilines is 2. The lowest BCUT2D eigenvalue weighted by atomic mass is 10.1. The van der Waals surface area contributed by atoms with E-state index in [1.54, 1.807) is 13.0 Å². The topological polar surface area (TPSA) is 118 Å². The number of hydrogen-bond donors (Lipinski definition) is 2. The molecule has 0 fully saturated rings. The van der Waals surface area contributed by atoms with Crippen molar-refractivity contribution in [2.45, 2.75) is 18.7 Å². The smallest absolute Gasteiger partial charge is 0.273 e. The summed E-state index contributed by atoms with van der Waals surface area (Å²) in [6.07, 6.45) is 0. The highest BCUT2D eigenvalue weighted by atomic mass is 32.2. The molecule has 0 heterocycles. The predicted octanol–water partition coefficient (Wildman–Crippen LogP) is 4.40. The lowest BCUT2D eigenvalue weighted by Crippen LogP contribution is -2.15. The Kier molecular flexibility index (Phi) is 6.02. The molecule has 10 heteroatoms. The normalized spacial score (nSPS) is 11.1. The molecule has 1 amide bonds. The minimum Gasteiger partial charge on any atom is -0.319 e. The monoisotopic (exact) mass is 443 g/mol. The second kappa shape index (κ2) is 8.52. The molecule has 3 aromatic carbocycles. The molecule has 3 rings (SSSR count). The van der Waals surface area contributed by atoms with Crippen LogP contribution in [0.3, 0.4) is 0 Å². The maximum Gasteiger partial charge on any atom is 0.273 e. The molecule has 0 saturated carbocycles. The molecule has 160 valence electrons. The summed E-state index contributed by atoms with van der Waals surface area (Å²) in [5.41, 5.74) is 1.19. The molecule has 2 N–H and O–H groups in total. The number of halogens is 1. The highest BCUT2D eigenvalue weighted by Gasteiger charge is 2.20. The summed E-state index contributed by atoms with van der Waals surface area (Å²) in [5.74, 6) is -1.14. The van der Waals surface area contributed by atoms with Gasteiger partial charge in [0.2, 0.25) is 0 Å². The van der Waals surface area contributed by atoms with E-state index in [9.17, 15) is 27.7 Å². The number of sulfonamides is 1. The minimum atomic E-state index is -4.08. The molecule has 0 unspecified atom stereocenters. The van der Waals surface area contributed by atoms with Gasteiger partial charge in [-0.2, -0.15) is 0 Å². The summed E-state index contributed by atoms with van der Waals surface area (Å²) in [4.78, 5) is 22.5.